The number of amides is 1. The summed E-state index contributed by atoms with van der Waals surface area (Å²) in [7, 11) is 0. The molecule has 140 valence electrons. The summed E-state index contributed by atoms with van der Waals surface area (Å²) in [6.07, 6.45) is 6.91. The van der Waals surface area contributed by atoms with E-state index in [1.165, 1.54) is 11.6 Å². The molecule has 0 unspecified atom stereocenters. The van der Waals surface area contributed by atoms with Crippen LogP contribution in [0.4, 0.5) is 0 Å². The van der Waals surface area contributed by atoms with Crippen LogP contribution in [0.1, 0.15) is 22.6 Å². The smallest absolute Gasteiger partial charge is 0.244 e. The van der Waals surface area contributed by atoms with Crippen LogP contribution in [0.25, 0.3) is 23.0 Å². The molecule has 0 radical (unpaired) electrons. The van der Waals surface area contributed by atoms with Gasteiger partial charge < -0.3 is 9.73 Å². The van der Waals surface area contributed by atoms with Crippen LogP contribution in [0.5, 0.6) is 0 Å². The highest BCUT2D eigenvalue weighted by molar-refractivity contribution is 5.92. The molecule has 0 fully saturated rings. The fraction of sp³-hybridized carbons (Fsp3) is 0.130. The van der Waals surface area contributed by atoms with E-state index < -0.39 is 0 Å². The second-order valence-electron chi connectivity index (χ2n) is 6.77. The van der Waals surface area contributed by atoms with Crippen molar-refractivity contribution in [2.24, 2.45) is 0 Å². The molecule has 3 heterocycles. The van der Waals surface area contributed by atoms with Gasteiger partial charge in [-0.05, 0) is 49.8 Å². The molecule has 0 aliphatic rings. The fourth-order valence-electron chi connectivity index (χ4n) is 3.05. The lowest BCUT2D eigenvalue weighted by Gasteiger charge is -2.03. The minimum Gasteiger partial charge on any atom is -0.467 e. The van der Waals surface area contributed by atoms with Crippen LogP contribution in [-0.2, 0) is 11.3 Å². The normalized spacial score (nSPS) is 11.4. The molecule has 0 spiro atoms. The van der Waals surface area contributed by atoms with Crippen molar-refractivity contribution in [1.82, 2.24) is 14.7 Å². The molecule has 3 aromatic heterocycles. The lowest BCUT2D eigenvalue weighted by Crippen LogP contribution is -2.19. The van der Waals surface area contributed by atoms with E-state index in [0.717, 1.165) is 28.2 Å². The number of aryl methyl sites for hydroxylation is 2. The second-order valence-corrected chi connectivity index (χ2v) is 6.77. The first-order valence-electron chi connectivity index (χ1n) is 9.14. The monoisotopic (exact) mass is 371 g/mol. The highest BCUT2D eigenvalue weighted by Gasteiger charge is 2.12. The summed E-state index contributed by atoms with van der Waals surface area (Å²) in [6.45, 7) is 4.45. The van der Waals surface area contributed by atoms with E-state index >= 15 is 0 Å². The Morgan fingerprint density at radius 2 is 1.96 bits per heavy atom. The van der Waals surface area contributed by atoms with Crippen LogP contribution in [-0.4, -0.2) is 15.3 Å². The number of hydrogen-bond donors (Lipinski definition) is 1. The number of nitrogens with zero attached hydrogens (tertiary/aromatic N) is 2. The number of carbonyl (C=O) groups is 1. The number of imidazole rings is 1. The molecule has 1 amide bonds. The molecule has 4 rings (SSSR count). The van der Waals surface area contributed by atoms with Gasteiger partial charge in [0.05, 0.1) is 24.2 Å². The van der Waals surface area contributed by atoms with Gasteiger partial charge in [-0.2, -0.15) is 0 Å². The average molecular weight is 371 g/mol. The number of aromatic nitrogens is 2. The summed E-state index contributed by atoms with van der Waals surface area (Å²) < 4.78 is 7.24. The molecule has 4 aromatic rings. The van der Waals surface area contributed by atoms with Crippen molar-refractivity contribution >= 4 is 17.6 Å². The molecule has 0 bridgehead atoms. The van der Waals surface area contributed by atoms with E-state index in [1.54, 1.807) is 12.3 Å². The van der Waals surface area contributed by atoms with Crippen molar-refractivity contribution in [2.75, 3.05) is 0 Å². The van der Waals surface area contributed by atoms with Gasteiger partial charge in [0, 0.05) is 17.8 Å². The zero-order chi connectivity index (χ0) is 19.5. The average Bonchev–Trinajstić information content (AvgIpc) is 3.32. The SMILES string of the molecule is Cc1ccc(-c2nc3cc(C)ccn3c2/C=C/C(=O)NCc2ccco2)cc1. The Labute approximate surface area is 163 Å². The quantitative estimate of drug-likeness (QED) is 0.524. The number of furan rings is 1. The van der Waals surface area contributed by atoms with E-state index in [9.17, 15) is 4.79 Å². The van der Waals surface area contributed by atoms with Crippen molar-refractivity contribution in [2.45, 2.75) is 20.4 Å². The summed E-state index contributed by atoms with van der Waals surface area (Å²) in [5.41, 5.74) is 5.92. The van der Waals surface area contributed by atoms with Crippen molar-refractivity contribution in [3.8, 4) is 11.3 Å². The van der Waals surface area contributed by atoms with E-state index in [1.807, 2.05) is 41.8 Å². The molecule has 28 heavy (non-hydrogen) atoms. The van der Waals surface area contributed by atoms with Crippen LogP contribution in [0, 0.1) is 13.8 Å². The largest absolute Gasteiger partial charge is 0.467 e. The third kappa shape index (κ3) is 3.74. The topological polar surface area (TPSA) is 59.5 Å². The second kappa shape index (κ2) is 7.56. The van der Waals surface area contributed by atoms with Gasteiger partial charge in [0.1, 0.15) is 11.4 Å². The lowest BCUT2D eigenvalue weighted by molar-refractivity contribution is -0.116. The Hall–Kier alpha value is -3.60. The number of nitrogens with one attached hydrogen (secondary N) is 1. The molecule has 5 heteroatoms. The Morgan fingerprint density at radius 1 is 1.14 bits per heavy atom. The Bertz CT molecular complexity index is 1140. The summed E-state index contributed by atoms with van der Waals surface area (Å²) in [4.78, 5) is 17.0. The van der Waals surface area contributed by atoms with Crippen LogP contribution >= 0.6 is 0 Å². The Balaban J connectivity index is 1.67. The van der Waals surface area contributed by atoms with Crippen LogP contribution < -0.4 is 5.32 Å². The maximum Gasteiger partial charge on any atom is 0.244 e. The number of pyridine rings is 1. The Morgan fingerprint density at radius 3 is 2.71 bits per heavy atom. The minimum atomic E-state index is -0.187. The molecular formula is C23H21N3O2. The molecule has 0 atom stereocenters. The summed E-state index contributed by atoms with van der Waals surface area (Å²) in [5, 5.41) is 2.82. The van der Waals surface area contributed by atoms with Gasteiger partial charge in [0.15, 0.2) is 0 Å². The van der Waals surface area contributed by atoms with Gasteiger partial charge in [-0.1, -0.05) is 29.8 Å². The molecule has 0 aliphatic carbocycles. The first kappa shape index (κ1) is 17.8. The van der Waals surface area contributed by atoms with Gasteiger partial charge in [-0.15, -0.1) is 0 Å². The lowest BCUT2D eigenvalue weighted by atomic mass is 10.1. The number of hydrogen-bond acceptors (Lipinski definition) is 3. The van der Waals surface area contributed by atoms with E-state index in [0.29, 0.717) is 12.3 Å². The zero-order valence-electron chi connectivity index (χ0n) is 15.8. The van der Waals surface area contributed by atoms with Gasteiger partial charge in [-0.25, -0.2) is 4.98 Å². The molecule has 0 aliphatic heterocycles. The number of carbonyl (C=O) groups excluding carboxylic acids is 1. The van der Waals surface area contributed by atoms with E-state index in [-0.39, 0.29) is 5.91 Å². The first-order valence-corrected chi connectivity index (χ1v) is 9.14. The standard InChI is InChI=1S/C23H21N3O2/c1-16-5-7-18(8-6-16)23-20(26-12-11-17(2)14-21(26)25-23)9-10-22(27)24-15-19-4-3-13-28-19/h3-14H,15H2,1-2H3,(H,24,27)/b10-9+. The summed E-state index contributed by atoms with van der Waals surface area (Å²) in [6, 6.07) is 15.9. The minimum absolute atomic E-state index is 0.187. The molecule has 0 saturated heterocycles. The van der Waals surface area contributed by atoms with Gasteiger partial charge >= 0.3 is 0 Å². The molecule has 0 saturated carbocycles. The first-order chi connectivity index (χ1) is 13.6. The van der Waals surface area contributed by atoms with Crippen molar-refractivity contribution in [3.05, 3.63) is 89.6 Å². The van der Waals surface area contributed by atoms with Crippen LogP contribution in [0.15, 0.2) is 71.5 Å². The highest BCUT2D eigenvalue weighted by Crippen LogP contribution is 2.26. The predicted octanol–water partition coefficient (Wildman–Crippen LogP) is 4.54. The highest BCUT2D eigenvalue weighted by atomic mass is 16.3. The van der Waals surface area contributed by atoms with Crippen LogP contribution in [0.2, 0.25) is 0 Å². The third-order valence-electron chi connectivity index (χ3n) is 4.55. The van der Waals surface area contributed by atoms with Gasteiger partial charge in [-0.3, -0.25) is 9.20 Å². The fourth-order valence-corrected chi connectivity index (χ4v) is 3.05. The number of fused-ring (bicyclic) bond motifs is 1. The number of benzene rings is 1. The van der Waals surface area contributed by atoms with Crippen molar-refractivity contribution in [3.63, 3.8) is 0 Å². The number of rotatable bonds is 5. The predicted molar refractivity (Wildman–Crippen MR) is 110 cm³/mol. The Kier molecular flexibility index (Phi) is 4.81. The van der Waals surface area contributed by atoms with E-state index in [4.69, 9.17) is 9.40 Å². The maximum absolute atomic E-state index is 12.2. The molecule has 5 nitrogen and oxygen atoms in total. The van der Waals surface area contributed by atoms with Crippen molar-refractivity contribution < 1.29 is 9.21 Å². The van der Waals surface area contributed by atoms with Crippen LogP contribution in [0.3, 0.4) is 0 Å². The van der Waals surface area contributed by atoms with Gasteiger partial charge in [0.2, 0.25) is 5.91 Å². The maximum atomic E-state index is 12.2. The zero-order valence-corrected chi connectivity index (χ0v) is 15.8. The third-order valence-corrected chi connectivity index (χ3v) is 4.55. The molecule has 1 aromatic carbocycles. The summed E-state index contributed by atoms with van der Waals surface area (Å²) >= 11 is 0. The van der Waals surface area contributed by atoms with Crippen molar-refractivity contribution in [1.29, 1.82) is 0 Å². The van der Waals surface area contributed by atoms with Gasteiger partial charge in [0.25, 0.3) is 0 Å². The molecular weight excluding hydrogens is 350 g/mol. The van der Waals surface area contributed by atoms with E-state index in [2.05, 4.69) is 36.5 Å². The molecule has 1 N–H and O–H groups in total. The summed E-state index contributed by atoms with van der Waals surface area (Å²) in [5.74, 6) is 0.528.